The molecule has 1 aromatic heterocycles. The van der Waals surface area contributed by atoms with E-state index in [1.54, 1.807) is 4.57 Å². The highest BCUT2D eigenvalue weighted by Crippen LogP contribution is 2.20. The van der Waals surface area contributed by atoms with Crippen molar-refractivity contribution in [2.75, 3.05) is 12.4 Å². The minimum absolute atomic E-state index is 0.134. The average molecular weight is 386 g/mol. The number of rotatable bonds is 10. The molecule has 0 amide bonds. The number of aliphatic hydroxyl groups is 1. The quantitative estimate of drug-likeness (QED) is 0.613. The third-order valence-corrected chi connectivity index (χ3v) is 5.11. The Hall–Kier alpha value is -1.28. The summed E-state index contributed by atoms with van der Waals surface area (Å²) in [6.07, 6.45) is 1.13. The summed E-state index contributed by atoms with van der Waals surface area (Å²) in [4.78, 5) is 11.7. The number of ether oxygens (including phenoxy) is 1. The molecule has 8 heteroatoms. The summed E-state index contributed by atoms with van der Waals surface area (Å²) in [5, 5.41) is 17.9. The Balaban J connectivity index is 1.80. The topological polar surface area (TPSA) is 80.1 Å². The first-order chi connectivity index (χ1) is 12.0. The van der Waals surface area contributed by atoms with Gasteiger partial charge >= 0.3 is 5.69 Å². The molecule has 0 aliphatic rings. The van der Waals surface area contributed by atoms with Gasteiger partial charge in [-0.25, -0.2) is 9.89 Å². The van der Waals surface area contributed by atoms with E-state index in [0.29, 0.717) is 22.5 Å². The van der Waals surface area contributed by atoms with Crippen LogP contribution in [0.15, 0.2) is 34.2 Å². The van der Waals surface area contributed by atoms with Crippen LogP contribution in [0.5, 0.6) is 0 Å². The zero-order valence-corrected chi connectivity index (χ0v) is 16.0. The van der Waals surface area contributed by atoms with E-state index < -0.39 is 6.10 Å². The third-order valence-electron chi connectivity index (χ3n) is 3.74. The van der Waals surface area contributed by atoms with E-state index in [-0.39, 0.29) is 18.4 Å². The zero-order chi connectivity index (χ0) is 18.2. The summed E-state index contributed by atoms with van der Waals surface area (Å²) in [7, 11) is 0. The van der Waals surface area contributed by atoms with E-state index in [1.165, 1.54) is 11.8 Å². The molecule has 1 heterocycles. The summed E-state index contributed by atoms with van der Waals surface area (Å²) in [6.45, 7) is 4.84. The van der Waals surface area contributed by atoms with E-state index in [4.69, 9.17) is 16.3 Å². The Morgan fingerprint density at radius 3 is 2.80 bits per heavy atom. The van der Waals surface area contributed by atoms with Crippen molar-refractivity contribution in [3.8, 4) is 0 Å². The van der Waals surface area contributed by atoms with Crippen molar-refractivity contribution in [2.24, 2.45) is 0 Å². The van der Waals surface area contributed by atoms with Gasteiger partial charge in [0.1, 0.15) is 0 Å². The molecule has 2 unspecified atom stereocenters. The fraction of sp³-hybridized carbons (Fsp3) is 0.529. The molecule has 0 bridgehead atoms. The van der Waals surface area contributed by atoms with Crippen LogP contribution in [0, 0.1) is 0 Å². The van der Waals surface area contributed by atoms with Crippen molar-refractivity contribution in [1.29, 1.82) is 0 Å². The fourth-order valence-corrected chi connectivity index (χ4v) is 3.24. The molecular formula is C17H24ClN3O3S. The Labute approximate surface area is 156 Å². The van der Waals surface area contributed by atoms with Gasteiger partial charge < -0.3 is 9.84 Å². The molecule has 2 aromatic rings. The largest absolute Gasteiger partial charge is 0.390 e. The van der Waals surface area contributed by atoms with Crippen LogP contribution in [0.25, 0.3) is 0 Å². The number of aliphatic hydroxyl groups excluding tert-OH is 1. The van der Waals surface area contributed by atoms with Gasteiger partial charge in [0.2, 0.25) is 0 Å². The SMILES string of the molecule is CCCCn1c(SCC(O)COC(C)c2ccc(Cl)cc2)n[nH]c1=O. The monoisotopic (exact) mass is 385 g/mol. The number of nitrogens with one attached hydrogen (secondary N) is 1. The second-order valence-electron chi connectivity index (χ2n) is 5.81. The van der Waals surface area contributed by atoms with Crippen LogP contribution in [-0.2, 0) is 11.3 Å². The molecule has 0 saturated heterocycles. The smallest absolute Gasteiger partial charge is 0.343 e. The summed E-state index contributed by atoms with van der Waals surface area (Å²) in [6, 6.07) is 7.45. The lowest BCUT2D eigenvalue weighted by atomic mass is 10.1. The Morgan fingerprint density at radius 1 is 1.40 bits per heavy atom. The van der Waals surface area contributed by atoms with Gasteiger partial charge in [-0.05, 0) is 31.0 Å². The highest BCUT2D eigenvalue weighted by atomic mass is 35.5. The number of halogens is 1. The van der Waals surface area contributed by atoms with Crippen molar-refractivity contribution in [3.05, 3.63) is 45.3 Å². The standard InChI is InChI=1S/C17H24ClN3O3S/c1-3-4-9-21-16(23)19-20-17(21)25-11-15(22)10-24-12(2)13-5-7-14(18)8-6-13/h5-8,12,15,22H,3-4,9-11H2,1-2H3,(H,19,23). The minimum atomic E-state index is -0.647. The first kappa shape index (κ1) is 20.0. The lowest BCUT2D eigenvalue weighted by Crippen LogP contribution is -2.21. The third kappa shape index (κ3) is 6.18. The first-order valence-corrected chi connectivity index (χ1v) is 9.70. The Morgan fingerprint density at radius 2 is 2.12 bits per heavy atom. The molecule has 0 saturated carbocycles. The maximum absolute atomic E-state index is 11.7. The predicted molar refractivity (Wildman–Crippen MR) is 100 cm³/mol. The molecule has 0 radical (unpaired) electrons. The van der Waals surface area contributed by atoms with E-state index in [1.807, 2.05) is 31.2 Å². The molecule has 2 rings (SSSR count). The molecule has 1 aromatic carbocycles. The van der Waals surface area contributed by atoms with E-state index in [2.05, 4.69) is 17.1 Å². The number of thioether (sulfide) groups is 1. The number of unbranched alkanes of at least 4 members (excludes halogenated alkanes) is 1. The highest BCUT2D eigenvalue weighted by molar-refractivity contribution is 7.99. The number of hydrogen-bond donors (Lipinski definition) is 2. The molecule has 2 N–H and O–H groups in total. The number of aromatic nitrogens is 3. The van der Waals surface area contributed by atoms with Crippen LogP contribution in [0.1, 0.15) is 38.4 Å². The molecule has 0 fully saturated rings. The number of aromatic amines is 1. The van der Waals surface area contributed by atoms with Gasteiger partial charge in [0.15, 0.2) is 5.16 Å². The fourth-order valence-electron chi connectivity index (χ4n) is 2.23. The molecular weight excluding hydrogens is 362 g/mol. The number of hydrogen-bond acceptors (Lipinski definition) is 5. The first-order valence-electron chi connectivity index (χ1n) is 8.34. The normalized spacial score (nSPS) is 13.8. The number of benzene rings is 1. The van der Waals surface area contributed by atoms with Crippen molar-refractivity contribution < 1.29 is 9.84 Å². The van der Waals surface area contributed by atoms with Crippen molar-refractivity contribution in [3.63, 3.8) is 0 Å². The lowest BCUT2D eigenvalue weighted by Gasteiger charge is -2.16. The lowest BCUT2D eigenvalue weighted by molar-refractivity contribution is 0.00621. The highest BCUT2D eigenvalue weighted by Gasteiger charge is 2.14. The van der Waals surface area contributed by atoms with Crippen molar-refractivity contribution in [1.82, 2.24) is 14.8 Å². The van der Waals surface area contributed by atoms with Crippen molar-refractivity contribution in [2.45, 2.75) is 50.6 Å². The second kappa shape index (κ2) is 10.0. The van der Waals surface area contributed by atoms with Crippen molar-refractivity contribution >= 4 is 23.4 Å². The summed E-state index contributed by atoms with van der Waals surface area (Å²) < 4.78 is 7.32. The molecule has 138 valence electrons. The van der Waals surface area contributed by atoms with Gasteiger partial charge in [-0.15, -0.1) is 5.10 Å². The minimum Gasteiger partial charge on any atom is -0.390 e. The summed E-state index contributed by atoms with van der Waals surface area (Å²) in [5.74, 6) is 0.407. The van der Waals surface area contributed by atoms with Gasteiger partial charge in [0, 0.05) is 17.3 Å². The van der Waals surface area contributed by atoms with Gasteiger partial charge in [-0.1, -0.05) is 48.8 Å². The maximum Gasteiger partial charge on any atom is 0.343 e. The van der Waals surface area contributed by atoms with Gasteiger partial charge in [-0.2, -0.15) is 0 Å². The van der Waals surface area contributed by atoms with Gasteiger partial charge in [0.25, 0.3) is 0 Å². The Bertz CT molecular complexity index is 702. The zero-order valence-electron chi connectivity index (χ0n) is 14.4. The molecule has 0 aliphatic carbocycles. The summed E-state index contributed by atoms with van der Waals surface area (Å²) in [5.41, 5.74) is 0.794. The van der Waals surface area contributed by atoms with Crippen LogP contribution in [-0.4, -0.2) is 38.3 Å². The average Bonchev–Trinajstić information content (AvgIpc) is 2.96. The van der Waals surface area contributed by atoms with Crippen LogP contribution >= 0.6 is 23.4 Å². The number of H-pyrrole nitrogens is 1. The van der Waals surface area contributed by atoms with E-state index in [9.17, 15) is 9.90 Å². The van der Waals surface area contributed by atoms with Crippen LogP contribution in [0.2, 0.25) is 5.02 Å². The molecule has 2 atom stereocenters. The second-order valence-corrected chi connectivity index (χ2v) is 7.23. The number of nitrogens with zero attached hydrogens (tertiary/aromatic N) is 2. The Kier molecular flexibility index (Phi) is 8.02. The van der Waals surface area contributed by atoms with Crippen LogP contribution in [0.4, 0.5) is 0 Å². The van der Waals surface area contributed by atoms with Gasteiger partial charge in [-0.3, -0.25) is 4.57 Å². The van der Waals surface area contributed by atoms with E-state index in [0.717, 1.165) is 18.4 Å². The molecule has 6 nitrogen and oxygen atoms in total. The van der Waals surface area contributed by atoms with Crippen LogP contribution < -0.4 is 5.69 Å². The van der Waals surface area contributed by atoms with Gasteiger partial charge in [0.05, 0.1) is 18.8 Å². The molecule has 25 heavy (non-hydrogen) atoms. The van der Waals surface area contributed by atoms with Crippen LogP contribution in [0.3, 0.4) is 0 Å². The molecule has 0 aliphatic heterocycles. The summed E-state index contributed by atoms with van der Waals surface area (Å²) >= 11 is 7.22. The predicted octanol–water partition coefficient (Wildman–Crippen LogP) is 3.26. The maximum atomic E-state index is 11.7. The van der Waals surface area contributed by atoms with E-state index >= 15 is 0 Å². The molecule has 0 spiro atoms.